The Morgan fingerprint density at radius 3 is 2.23 bits per heavy atom. The molecule has 0 unspecified atom stereocenters. The van der Waals surface area contributed by atoms with Crippen molar-refractivity contribution in [3.05, 3.63) is 38.3 Å². The molecule has 0 spiro atoms. The van der Waals surface area contributed by atoms with E-state index in [0.29, 0.717) is 0 Å². The molecule has 1 atom stereocenters. The molecule has 0 aliphatic rings. The molecule has 0 radical (unpaired) electrons. The molecule has 1 rings (SSSR count). The number of rotatable bonds is 5. The van der Waals surface area contributed by atoms with E-state index in [2.05, 4.69) is 38.6 Å². The van der Waals surface area contributed by atoms with E-state index < -0.39 is 23.3 Å². The van der Waals surface area contributed by atoms with Crippen molar-refractivity contribution < 1.29 is 14.4 Å². The summed E-state index contributed by atoms with van der Waals surface area (Å²) in [5, 5.41) is 2.30. The predicted molar refractivity (Wildman–Crippen MR) is 95.8 cm³/mol. The van der Waals surface area contributed by atoms with Crippen molar-refractivity contribution in [2.45, 2.75) is 12.5 Å². The third kappa shape index (κ3) is 3.78. The van der Waals surface area contributed by atoms with Gasteiger partial charge in [-0.1, -0.05) is 0 Å². The Balaban J connectivity index is 3.21. The predicted octanol–water partition coefficient (Wildman–Crippen LogP) is 1.39. The van der Waals surface area contributed by atoms with Crippen molar-refractivity contribution in [1.82, 2.24) is 14.0 Å². The van der Waals surface area contributed by atoms with Gasteiger partial charge in [0.15, 0.2) is 0 Å². The van der Waals surface area contributed by atoms with Crippen molar-refractivity contribution in [3.8, 4) is 0 Å². The number of halogens is 2. The summed E-state index contributed by atoms with van der Waals surface area (Å²) >= 11 is 3.61. The Labute approximate surface area is 154 Å². The molecule has 10 heteroatoms. The molecule has 1 aromatic carbocycles. The summed E-state index contributed by atoms with van der Waals surface area (Å²) in [5.41, 5.74) is 2.76. The first-order chi connectivity index (χ1) is 10.3. The minimum Gasteiger partial charge on any atom is -0.289 e. The lowest BCUT2D eigenvalue weighted by molar-refractivity contribution is -0.138. The van der Waals surface area contributed by atoms with E-state index in [1.807, 2.05) is 0 Å². The Morgan fingerprint density at radius 1 is 1.23 bits per heavy atom. The number of amides is 3. The number of carbonyl (C=O) groups excluding carboxylic acids is 3. The van der Waals surface area contributed by atoms with E-state index in [1.165, 1.54) is 29.9 Å². The number of nitrogens with zero attached hydrogens (tertiary/aromatic N) is 2. The summed E-state index contributed by atoms with van der Waals surface area (Å²) in [6.07, 6.45) is 0. The van der Waals surface area contributed by atoms with Crippen molar-refractivity contribution in [3.63, 3.8) is 0 Å². The summed E-state index contributed by atoms with van der Waals surface area (Å²) in [4.78, 5) is 47.0. The van der Waals surface area contributed by atoms with Crippen LogP contribution < -0.4 is 10.9 Å². The zero-order valence-corrected chi connectivity index (χ0v) is 15.9. The van der Waals surface area contributed by atoms with Crippen molar-refractivity contribution in [2.24, 2.45) is 5.18 Å². The first-order valence-electron chi connectivity index (χ1n) is 5.90. The summed E-state index contributed by atoms with van der Waals surface area (Å²) in [6.45, 7) is 1.15. The van der Waals surface area contributed by atoms with Gasteiger partial charge in [-0.15, -0.1) is 4.91 Å². The molecule has 0 aliphatic heterocycles. The number of hydrogen-bond acceptors (Lipinski definition) is 5. The van der Waals surface area contributed by atoms with E-state index in [4.69, 9.17) is 0 Å². The van der Waals surface area contributed by atoms with Crippen LogP contribution in [0.1, 0.15) is 17.3 Å². The van der Waals surface area contributed by atoms with Gasteiger partial charge in [-0.2, -0.15) is 0 Å². The van der Waals surface area contributed by atoms with Crippen molar-refractivity contribution in [2.75, 3.05) is 7.05 Å². The van der Waals surface area contributed by atoms with Crippen molar-refractivity contribution >= 4 is 63.2 Å². The maximum absolute atomic E-state index is 12.5. The van der Waals surface area contributed by atoms with Gasteiger partial charge in [0.1, 0.15) is 0 Å². The largest absolute Gasteiger partial charge is 0.321 e. The van der Waals surface area contributed by atoms with Crippen LogP contribution in [-0.4, -0.2) is 33.4 Å². The van der Waals surface area contributed by atoms with Gasteiger partial charge in [-0.05, 0) is 53.8 Å². The Morgan fingerprint density at radius 2 is 1.77 bits per heavy atom. The van der Waals surface area contributed by atoms with Crippen LogP contribution in [0.25, 0.3) is 0 Å². The number of hydrazine groups is 1. The van der Waals surface area contributed by atoms with Gasteiger partial charge in [0.05, 0.1) is 22.9 Å². The minimum atomic E-state index is -2.06. The van der Waals surface area contributed by atoms with Crippen LogP contribution in [0.2, 0.25) is 0 Å². The Hall–Kier alpha value is -1.15. The maximum atomic E-state index is 12.5. The normalized spacial score (nSPS) is 12.9. The van der Waals surface area contributed by atoms with Crippen LogP contribution in [0.3, 0.4) is 0 Å². The number of nitrogens with one attached hydrogen (secondary N) is 2. The third-order valence-electron chi connectivity index (χ3n) is 2.84. The number of nitroso groups, excluding NO2 is 1. The lowest BCUT2D eigenvalue weighted by Gasteiger charge is -2.31. The second-order valence-corrected chi connectivity index (χ2v) is 6.48. The number of hydrogen-bond donors (Lipinski definition) is 2. The zero-order chi connectivity index (χ0) is 16.9. The van der Waals surface area contributed by atoms with E-state index >= 15 is 0 Å². The summed E-state index contributed by atoms with van der Waals surface area (Å²) in [7, 11) is 1.41. The van der Waals surface area contributed by atoms with Crippen LogP contribution in [0.5, 0.6) is 0 Å². The molecule has 0 saturated carbocycles. The highest BCUT2D eigenvalue weighted by Gasteiger charge is 2.49. The molecule has 0 fully saturated rings. The molecule has 8 nitrogen and oxygen atoms in total. The lowest BCUT2D eigenvalue weighted by Crippen LogP contribution is -2.61. The molecule has 22 heavy (non-hydrogen) atoms. The monoisotopic (exact) mass is 530 g/mol. The van der Waals surface area contributed by atoms with E-state index in [-0.39, 0.29) is 5.56 Å². The van der Waals surface area contributed by atoms with E-state index in [9.17, 15) is 19.3 Å². The minimum absolute atomic E-state index is 0.275. The zero-order valence-electron chi connectivity index (χ0n) is 11.6. The lowest BCUT2D eigenvalue weighted by atomic mass is 9.99. The molecule has 0 saturated heterocycles. The highest BCUT2D eigenvalue weighted by Crippen LogP contribution is 2.25. The highest BCUT2D eigenvalue weighted by molar-refractivity contribution is 14.1. The third-order valence-corrected chi connectivity index (χ3v) is 4.96. The Bertz CT molecular complexity index is 608. The molecular formula is C12H12I2N4O4. The summed E-state index contributed by atoms with van der Waals surface area (Å²) in [6, 6.07) is 6.54. The second-order valence-electron chi connectivity index (χ2n) is 4.27. The molecule has 2 N–H and O–H groups in total. The molecule has 0 aliphatic carbocycles. The highest BCUT2D eigenvalue weighted by atomic mass is 127. The van der Waals surface area contributed by atoms with Crippen LogP contribution in [-0.2, 0) is 9.59 Å². The van der Waals surface area contributed by atoms with Crippen LogP contribution in [0.4, 0.5) is 0 Å². The standard InChI is InChI=1S/C12H12I2N4O4/c1-12(11(21)17-22,10(20)16-15-2)18(14)9(19)7-3-5-8(13)6-4-7/h3-6,15H,1-2H3,(H,16,20)/t12-/m0/s1. The molecule has 118 valence electrons. The Kier molecular flexibility index (Phi) is 6.80. The van der Waals surface area contributed by atoms with Gasteiger partial charge in [0.25, 0.3) is 11.8 Å². The maximum Gasteiger partial charge on any atom is 0.321 e. The van der Waals surface area contributed by atoms with Crippen LogP contribution >= 0.6 is 45.5 Å². The quantitative estimate of drug-likeness (QED) is 0.197. The molecule has 0 aromatic heterocycles. The first kappa shape index (κ1) is 18.9. The van der Waals surface area contributed by atoms with Gasteiger partial charge >= 0.3 is 5.91 Å². The SMILES string of the molecule is CNNC(=O)[C@@](C)(C(=O)N=O)N(I)C(=O)c1ccc(I)cc1. The van der Waals surface area contributed by atoms with E-state index in [1.54, 1.807) is 24.3 Å². The van der Waals surface area contributed by atoms with Crippen molar-refractivity contribution in [1.29, 1.82) is 0 Å². The van der Waals surface area contributed by atoms with Gasteiger partial charge in [-0.25, -0.2) is 5.43 Å². The second kappa shape index (κ2) is 7.92. The summed E-state index contributed by atoms with van der Waals surface area (Å²) in [5.74, 6) is -2.73. The average Bonchev–Trinajstić information content (AvgIpc) is 2.52. The van der Waals surface area contributed by atoms with E-state index in [0.717, 1.165) is 13.6 Å². The number of benzene rings is 1. The fourth-order valence-corrected chi connectivity index (χ4v) is 2.57. The molecule has 0 heterocycles. The van der Waals surface area contributed by atoms with Gasteiger partial charge in [0.2, 0.25) is 5.54 Å². The molecular weight excluding hydrogens is 518 g/mol. The van der Waals surface area contributed by atoms with Gasteiger partial charge in [0, 0.05) is 21.4 Å². The molecule has 0 bridgehead atoms. The van der Waals surface area contributed by atoms with Gasteiger partial charge < -0.3 is 0 Å². The molecule has 3 amide bonds. The summed E-state index contributed by atoms with van der Waals surface area (Å²) < 4.78 is 1.79. The van der Waals surface area contributed by atoms with Gasteiger partial charge in [-0.3, -0.25) is 22.9 Å². The molecule has 1 aromatic rings. The number of carbonyl (C=O) groups is 3. The fourth-order valence-electron chi connectivity index (χ4n) is 1.50. The van der Waals surface area contributed by atoms with Crippen LogP contribution in [0.15, 0.2) is 29.4 Å². The smallest absolute Gasteiger partial charge is 0.289 e. The topological polar surface area (TPSA) is 108 Å². The fraction of sp³-hybridized carbons (Fsp3) is 0.250. The average molecular weight is 530 g/mol. The first-order valence-corrected chi connectivity index (χ1v) is 7.94. The van der Waals surface area contributed by atoms with Crippen LogP contribution in [0, 0.1) is 8.48 Å².